The maximum Gasteiger partial charge on any atom is 0.429 e. The van der Waals surface area contributed by atoms with Crippen molar-refractivity contribution in [3.8, 4) is 11.1 Å². The fourth-order valence-corrected chi connectivity index (χ4v) is 5.55. The zero-order valence-electron chi connectivity index (χ0n) is 25.4. The van der Waals surface area contributed by atoms with Crippen molar-refractivity contribution in [1.82, 2.24) is 25.1 Å². The number of nitrogens with one attached hydrogen (secondary N) is 1. The van der Waals surface area contributed by atoms with Crippen molar-refractivity contribution in [1.29, 1.82) is 0 Å². The van der Waals surface area contributed by atoms with Gasteiger partial charge >= 0.3 is 6.09 Å². The highest BCUT2D eigenvalue weighted by atomic mass is 16.6. The molecule has 231 valence electrons. The lowest BCUT2D eigenvalue weighted by atomic mass is 10.0. The number of anilines is 1. The Labute approximate surface area is 259 Å². The maximum atomic E-state index is 13.5. The van der Waals surface area contributed by atoms with E-state index in [4.69, 9.17) is 4.74 Å². The lowest BCUT2D eigenvalue weighted by Crippen LogP contribution is -2.50. The summed E-state index contributed by atoms with van der Waals surface area (Å²) in [6.45, 7) is 7.47. The highest BCUT2D eigenvalue weighted by Crippen LogP contribution is 2.33. The number of piperazine rings is 1. The molecule has 2 amide bonds. The Kier molecular flexibility index (Phi) is 11.1. The van der Waals surface area contributed by atoms with Gasteiger partial charge in [-0.15, -0.1) is 0 Å². The Balaban J connectivity index is 1.11. The molecule has 10 heteroatoms. The van der Waals surface area contributed by atoms with Gasteiger partial charge in [0.05, 0.1) is 12.2 Å². The van der Waals surface area contributed by atoms with Crippen molar-refractivity contribution in [2.45, 2.75) is 26.3 Å². The quantitative estimate of drug-likeness (QED) is 0.261. The molecule has 3 aromatic rings. The van der Waals surface area contributed by atoms with Gasteiger partial charge in [0.2, 0.25) is 5.91 Å². The number of pyridine rings is 1. The van der Waals surface area contributed by atoms with Gasteiger partial charge in [-0.3, -0.25) is 19.5 Å². The number of nitrogens with zero attached hydrogens (tertiary/aromatic N) is 5. The summed E-state index contributed by atoms with van der Waals surface area (Å²) < 4.78 is 5.72. The molecule has 2 aliphatic rings. The predicted octanol–water partition coefficient (Wildman–Crippen LogP) is 4.04. The number of hydrogen-bond acceptors (Lipinski definition) is 8. The molecule has 1 N–H and O–H groups in total. The van der Waals surface area contributed by atoms with E-state index in [0.717, 1.165) is 81.0 Å². The molecule has 0 atom stereocenters. The first-order valence-corrected chi connectivity index (χ1v) is 15.3. The van der Waals surface area contributed by atoms with E-state index >= 15 is 0 Å². The first-order chi connectivity index (χ1) is 21.5. The van der Waals surface area contributed by atoms with Gasteiger partial charge in [0.1, 0.15) is 12.3 Å². The van der Waals surface area contributed by atoms with Crippen molar-refractivity contribution in [2.75, 3.05) is 64.0 Å². The standard InChI is InChI=1S/C34H41N6O4/c1-27(41)38-21-19-37(20-22-38)26-28-14-15-31(36-24-28)33(42)25-35-16-23-44-34(43)40(39-17-8-3-9-18-39)32-13-7-6-12-30(32)29-10-4-2-5-11-29/h2-7,10-15,24,35H,8-9,16-23,25-26H2,1H3. The highest BCUT2D eigenvalue weighted by Gasteiger charge is 2.28. The molecule has 0 spiro atoms. The van der Waals surface area contributed by atoms with Crippen molar-refractivity contribution in [3.05, 3.63) is 90.6 Å². The molecule has 44 heavy (non-hydrogen) atoms. The van der Waals surface area contributed by atoms with Gasteiger partial charge in [-0.05, 0) is 42.5 Å². The number of benzene rings is 2. The summed E-state index contributed by atoms with van der Waals surface area (Å²) in [4.78, 5) is 46.3. The second-order valence-electron chi connectivity index (χ2n) is 11.1. The molecule has 0 unspecified atom stereocenters. The number of carbonyl (C=O) groups excluding carboxylic acids is 3. The first kappa shape index (κ1) is 31.3. The van der Waals surface area contributed by atoms with Crippen LogP contribution in [0.3, 0.4) is 0 Å². The minimum Gasteiger partial charge on any atom is -0.447 e. The topological polar surface area (TPSA) is 98.3 Å². The summed E-state index contributed by atoms with van der Waals surface area (Å²) in [7, 11) is 0. The van der Waals surface area contributed by atoms with Gasteiger partial charge in [0.15, 0.2) is 5.78 Å². The van der Waals surface area contributed by atoms with E-state index < -0.39 is 6.09 Å². The van der Waals surface area contributed by atoms with Gasteiger partial charge in [-0.2, -0.15) is 0 Å². The second-order valence-corrected chi connectivity index (χ2v) is 11.1. The zero-order chi connectivity index (χ0) is 30.7. The first-order valence-electron chi connectivity index (χ1n) is 15.3. The molecule has 0 bridgehead atoms. The third-order valence-corrected chi connectivity index (χ3v) is 7.98. The number of aromatic nitrogens is 1. The number of hydrazine groups is 1. The molecule has 1 aromatic heterocycles. The second kappa shape index (κ2) is 15.6. The third kappa shape index (κ3) is 8.28. The van der Waals surface area contributed by atoms with E-state index in [1.54, 1.807) is 24.2 Å². The van der Waals surface area contributed by atoms with E-state index in [1.165, 1.54) is 0 Å². The van der Waals surface area contributed by atoms with Crippen LogP contribution in [0.25, 0.3) is 11.1 Å². The number of hydrogen-bond donors (Lipinski definition) is 1. The molecule has 2 fully saturated rings. The normalized spacial score (nSPS) is 16.0. The number of amides is 2. The Hall–Kier alpha value is -4.12. The highest BCUT2D eigenvalue weighted by molar-refractivity contribution is 5.96. The summed E-state index contributed by atoms with van der Waals surface area (Å²) in [5.74, 6) is -0.00944. The van der Waals surface area contributed by atoms with Gasteiger partial charge in [-0.25, -0.2) is 14.8 Å². The van der Waals surface area contributed by atoms with E-state index in [9.17, 15) is 14.4 Å². The minimum atomic E-state index is -0.441. The van der Waals surface area contributed by atoms with E-state index in [1.807, 2.05) is 70.6 Å². The van der Waals surface area contributed by atoms with Crippen LogP contribution >= 0.6 is 0 Å². The molecule has 5 rings (SSSR count). The van der Waals surface area contributed by atoms with Crippen LogP contribution in [0, 0.1) is 6.42 Å². The summed E-state index contributed by atoms with van der Waals surface area (Å²) in [6.07, 6.45) is 5.34. The van der Waals surface area contributed by atoms with Crippen molar-refractivity contribution in [2.24, 2.45) is 0 Å². The number of ether oxygens (including phenoxy) is 1. The van der Waals surface area contributed by atoms with Crippen molar-refractivity contribution >= 4 is 23.5 Å². The Bertz CT molecular complexity index is 1390. The number of carbonyl (C=O) groups is 3. The Morgan fingerprint density at radius 1 is 0.886 bits per heavy atom. The average molecular weight is 598 g/mol. The summed E-state index contributed by atoms with van der Waals surface area (Å²) in [5.41, 5.74) is 4.19. The zero-order valence-corrected chi connectivity index (χ0v) is 25.4. The number of ketones is 1. The van der Waals surface area contributed by atoms with Crippen LogP contribution in [-0.4, -0.2) is 96.5 Å². The molecule has 2 saturated heterocycles. The van der Waals surface area contributed by atoms with Crippen molar-refractivity contribution < 1.29 is 19.1 Å². The molecule has 3 heterocycles. The fraction of sp³-hybridized carbons (Fsp3) is 0.382. The lowest BCUT2D eigenvalue weighted by Gasteiger charge is -2.37. The fourth-order valence-electron chi connectivity index (χ4n) is 5.55. The van der Waals surface area contributed by atoms with Crippen LogP contribution in [0.4, 0.5) is 10.5 Å². The molecule has 10 nitrogen and oxygen atoms in total. The van der Waals surface area contributed by atoms with E-state index in [2.05, 4.69) is 21.6 Å². The van der Waals surface area contributed by atoms with Crippen LogP contribution in [0.1, 0.15) is 35.8 Å². The number of piperidine rings is 1. The summed E-state index contributed by atoms with van der Waals surface area (Å²) in [5, 5.41) is 6.79. The van der Waals surface area contributed by atoms with Crippen LogP contribution < -0.4 is 10.3 Å². The number of Topliss-reactive ketones (excluding diaryl/α,β-unsaturated/α-hetero) is 1. The molecule has 0 saturated carbocycles. The average Bonchev–Trinajstić information content (AvgIpc) is 3.06. The van der Waals surface area contributed by atoms with Crippen LogP contribution in [0.5, 0.6) is 0 Å². The monoisotopic (exact) mass is 597 g/mol. The maximum absolute atomic E-state index is 13.5. The van der Waals surface area contributed by atoms with Crippen LogP contribution in [0.2, 0.25) is 0 Å². The summed E-state index contributed by atoms with van der Waals surface area (Å²) >= 11 is 0. The molecule has 1 radical (unpaired) electrons. The molecule has 2 aromatic carbocycles. The van der Waals surface area contributed by atoms with Crippen molar-refractivity contribution in [3.63, 3.8) is 0 Å². The summed E-state index contributed by atoms with van der Waals surface area (Å²) in [6, 6.07) is 21.6. The number of para-hydroxylation sites is 1. The SMILES string of the molecule is CC(=O)N1CCN(Cc2ccc(C(=O)CNCCOC(=O)N(c3ccccc3-c3ccccc3)N3CC[CH]CC3)nc2)CC1. The molecule has 0 aliphatic carbocycles. The molecular formula is C34H41N6O4. The molecular weight excluding hydrogens is 556 g/mol. The Morgan fingerprint density at radius 2 is 1.61 bits per heavy atom. The lowest BCUT2D eigenvalue weighted by molar-refractivity contribution is -0.130. The smallest absolute Gasteiger partial charge is 0.429 e. The van der Waals surface area contributed by atoms with Crippen LogP contribution in [0.15, 0.2) is 72.9 Å². The van der Waals surface area contributed by atoms with Crippen LogP contribution in [-0.2, 0) is 16.1 Å². The predicted molar refractivity (Wildman–Crippen MR) is 170 cm³/mol. The van der Waals surface area contributed by atoms with Gasteiger partial charge < -0.3 is 15.0 Å². The van der Waals surface area contributed by atoms with Gasteiger partial charge in [0, 0.05) is 71.0 Å². The Morgan fingerprint density at radius 3 is 2.32 bits per heavy atom. The van der Waals surface area contributed by atoms with E-state index in [-0.39, 0.29) is 24.8 Å². The third-order valence-electron chi connectivity index (χ3n) is 7.98. The van der Waals surface area contributed by atoms with Gasteiger partial charge in [0.25, 0.3) is 0 Å². The minimum absolute atomic E-state index is 0.0966. The molecule has 2 aliphatic heterocycles. The number of rotatable bonds is 11. The van der Waals surface area contributed by atoms with E-state index in [0.29, 0.717) is 12.2 Å². The van der Waals surface area contributed by atoms with Gasteiger partial charge in [-0.1, -0.05) is 54.6 Å². The largest absolute Gasteiger partial charge is 0.447 e.